The summed E-state index contributed by atoms with van der Waals surface area (Å²) >= 11 is 1.55. The van der Waals surface area contributed by atoms with Crippen LogP contribution in [0.15, 0.2) is 51.5 Å². The van der Waals surface area contributed by atoms with Crippen LogP contribution in [0, 0.1) is 0 Å². The van der Waals surface area contributed by atoms with Crippen LogP contribution in [0.2, 0.25) is 0 Å². The number of furan rings is 1. The maximum absolute atomic E-state index is 11.4. The minimum Gasteiger partial charge on any atom is -0.465 e. The van der Waals surface area contributed by atoms with Gasteiger partial charge < -0.3 is 4.42 Å². The molecule has 0 aliphatic carbocycles. The summed E-state index contributed by atoms with van der Waals surface area (Å²) in [5.41, 5.74) is 2.46. The first-order valence-corrected chi connectivity index (χ1v) is 6.27. The summed E-state index contributed by atoms with van der Waals surface area (Å²) < 4.78 is 5.10. The monoisotopic (exact) mass is 260 g/mol. The van der Waals surface area contributed by atoms with Crippen LogP contribution >= 0.6 is 11.3 Å². The lowest BCUT2D eigenvalue weighted by Crippen LogP contribution is -2.18. The fourth-order valence-corrected chi connectivity index (χ4v) is 1.99. The molecule has 0 saturated carbocycles. The smallest absolute Gasteiger partial charge is 0.245 e. The summed E-state index contributed by atoms with van der Waals surface area (Å²) in [4.78, 5) is 12.5. The Hall–Kier alpha value is -2.14. The van der Waals surface area contributed by atoms with Crippen LogP contribution in [0.1, 0.15) is 10.6 Å². The second-order valence-corrected chi connectivity index (χ2v) is 4.48. The van der Waals surface area contributed by atoms with Crippen molar-refractivity contribution in [2.75, 3.05) is 0 Å². The third-order valence-corrected chi connectivity index (χ3v) is 2.94. The number of rotatable bonds is 5. The van der Waals surface area contributed by atoms with Crippen molar-refractivity contribution in [3.8, 4) is 0 Å². The van der Waals surface area contributed by atoms with Crippen LogP contribution in [-0.2, 0) is 11.2 Å². The van der Waals surface area contributed by atoms with Crippen molar-refractivity contribution in [1.29, 1.82) is 0 Å². The molecule has 0 saturated heterocycles. The zero-order chi connectivity index (χ0) is 12.6. The van der Waals surface area contributed by atoms with Gasteiger partial charge in [-0.15, -0.1) is 11.3 Å². The second kappa shape index (κ2) is 6.56. The van der Waals surface area contributed by atoms with Gasteiger partial charge in [-0.3, -0.25) is 4.79 Å². The van der Waals surface area contributed by atoms with E-state index in [1.807, 2.05) is 23.6 Å². The molecule has 0 unspecified atom stereocenters. The quantitative estimate of drug-likeness (QED) is 0.663. The van der Waals surface area contributed by atoms with E-state index in [1.54, 1.807) is 35.8 Å². The van der Waals surface area contributed by atoms with Crippen LogP contribution in [0.4, 0.5) is 0 Å². The Morgan fingerprint density at radius 1 is 1.44 bits per heavy atom. The van der Waals surface area contributed by atoms with Gasteiger partial charge in [0.1, 0.15) is 5.76 Å². The number of hydrazone groups is 1. The number of thiophene rings is 1. The molecule has 1 amide bonds. The maximum Gasteiger partial charge on any atom is 0.245 e. The van der Waals surface area contributed by atoms with Crippen molar-refractivity contribution in [2.24, 2.45) is 5.10 Å². The molecule has 2 aromatic rings. The van der Waals surface area contributed by atoms with Crippen molar-refractivity contribution in [2.45, 2.75) is 6.42 Å². The van der Waals surface area contributed by atoms with Gasteiger partial charge in [-0.2, -0.15) is 5.10 Å². The van der Waals surface area contributed by atoms with E-state index in [2.05, 4.69) is 10.5 Å². The Balaban J connectivity index is 1.72. The van der Waals surface area contributed by atoms with Crippen LogP contribution in [0.5, 0.6) is 0 Å². The Bertz CT molecular complexity index is 527. The van der Waals surface area contributed by atoms with E-state index >= 15 is 0 Å². The highest BCUT2D eigenvalue weighted by molar-refractivity contribution is 7.10. The standard InChI is InChI=1S/C13H12N2O2S/c16-13(10-12-6-3-9-18-12)15-14-7-1-4-11-5-2-8-17-11/h1-9H,10H2,(H,15,16)/b4-1+,14-7?. The van der Waals surface area contributed by atoms with Crippen molar-refractivity contribution >= 4 is 29.5 Å². The molecular weight excluding hydrogens is 248 g/mol. The normalized spacial score (nSPS) is 11.3. The number of allylic oxidation sites excluding steroid dienone is 1. The number of carbonyl (C=O) groups is 1. The van der Waals surface area contributed by atoms with Crippen molar-refractivity contribution in [3.63, 3.8) is 0 Å². The van der Waals surface area contributed by atoms with E-state index < -0.39 is 0 Å². The molecule has 1 N–H and O–H groups in total. The fourth-order valence-electron chi connectivity index (χ4n) is 1.29. The first kappa shape index (κ1) is 12.3. The average Bonchev–Trinajstić information content (AvgIpc) is 3.01. The summed E-state index contributed by atoms with van der Waals surface area (Å²) in [6, 6.07) is 7.48. The fraction of sp³-hybridized carbons (Fsp3) is 0.0769. The summed E-state index contributed by atoms with van der Waals surface area (Å²) in [5.74, 6) is 0.617. The van der Waals surface area contributed by atoms with Gasteiger partial charge in [0.15, 0.2) is 0 Å². The lowest BCUT2D eigenvalue weighted by Gasteiger charge is -1.95. The first-order chi connectivity index (χ1) is 8.84. The highest BCUT2D eigenvalue weighted by Crippen LogP contribution is 2.08. The number of hydrogen-bond acceptors (Lipinski definition) is 4. The van der Waals surface area contributed by atoms with E-state index in [0.29, 0.717) is 6.42 Å². The maximum atomic E-state index is 11.4. The predicted octanol–water partition coefficient (Wildman–Crippen LogP) is 2.70. The number of amides is 1. The Kier molecular flexibility index (Phi) is 4.49. The molecule has 2 heterocycles. The molecule has 0 fully saturated rings. The average molecular weight is 260 g/mol. The van der Waals surface area contributed by atoms with Gasteiger partial charge in [0.25, 0.3) is 0 Å². The van der Waals surface area contributed by atoms with Gasteiger partial charge in [0, 0.05) is 11.1 Å². The predicted molar refractivity (Wildman–Crippen MR) is 72.4 cm³/mol. The molecule has 4 nitrogen and oxygen atoms in total. The van der Waals surface area contributed by atoms with Gasteiger partial charge in [0.2, 0.25) is 5.91 Å². The van der Waals surface area contributed by atoms with Gasteiger partial charge in [-0.25, -0.2) is 5.43 Å². The van der Waals surface area contributed by atoms with Gasteiger partial charge >= 0.3 is 0 Å². The molecular formula is C13H12N2O2S. The van der Waals surface area contributed by atoms with E-state index in [-0.39, 0.29) is 5.91 Å². The molecule has 2 rings (SSSR count). The molecule has 0 atom stereocenters. The third-order valence-electron chi connectivity index (χ3n) is 2.07. The van der Waals surface area contributed by atoms with E-state index in [4.69, 9.17) is 4.42 Å². The van der Waals surface area contributed by atoms with Gasteiger partial charge in [-0.1, -0.05) is 6.07 Å². The molecule has 92 valence electrons. The van der Waals surface area contributed by atoms with Gasteiger partial charge in [-0.05, 0) is 35.7 Å². The van der Waals surface area contributed by atoms with Crippen LogP contribution in [-0.4, -0.2) is 12.1 Å². The largest absolute Gasteiger partial charge is 0.465 e. The topological polar surface area (TPSA) is 54.6 Å². The van der Waals surface area contributed by atoms with Crippen LogP contribution in [0.3, 0.4) is 0 Å². The third kappa shape index (κ3) is 4.03. The highest BCUT2D eigenvalue weighted by Gasteiger charge is 2.01. The SMILES string of the molecule is O=C(Cc1cccs1)NN=C/C=C/c1ccco1. The number of hydrogen-bond donors (Lipinski definition) is 1. The van der Waals surface area contributed by atoms with Crippen molar-refractivity contribution in [1.82, 2.24) is 5.43 Å². The van der Waals surface area contributed by atoms with Crippen molar-refractivity contribution < 1.29 is 9.21 Å². The molecule has 0 aliphatic rings. The molecule has 0 aliphatic heterocycles. The molecule has 5 heteroatoms. The molecule has 0 bridgehead atoms. The summed E-state index contributed by atoms with van der Waals surface area (Å²) in [5, 5.41) is 5.75. The molecule has 18 heavy (non-hydrogen) atoms. The zero-order valence-electron chi connectivity index (χ0n) is 9.58. The van der Waals surface area contributed by atoms with Gasteiger partial charge in [0.05, 0.1) is 12.7 Å². The van der Waals surface area contributed by atoms with Crippen LogP contribution < -0.4 is 5.43 Å². The number of nitrogens with one attached hydrogen (secondary N) is 1. The summed E-state index contributed by atoms with van der Waals surface area (Å²) in [6.45, 7) is 0. The molecule has 0 aromatic carbocycles. The van der Waals surface area contributed by atoms with E-state index in [9.17, 15) is 4.79 Å². The minimum atomic E-state index is -0.125. The molecule has 2 aromatic heterocycles. The zero-order valence-corrected chi connectivity index (χ0v) is 10.4. The highest BCUT2D eigenvalue weighted by atomic mass is 32.1. The Morgan fingerprint density at radius 3 is 3.11 bits per heavy atom. The lowest BCUT2D eigenvalue weighted by molar-refractivity contribution is -0.120. The van der Waals surface area contributed by atoms with Crippen LogP contribution in [0.25, 0.3) is 6.08 Å². The number of carbonyl (C=O) groups excluding carboxylic acids is 1. The molecule has 0 spiro atoms. The summed E-state index contributed by atoms with van der Waals surface area (Å²) in [6.07, 6.45) is 6.92. The summed E-state index contributed by atoms with van der Waals surface area (Å²) in [7, 11) is 0. The van der Waals surface area contributed by atoms with E-state index in [0.717, 1.165) is 10.6 Å². The first-order valence-electron chi connectivity index (χ1n) is 5.39. The Morgan fingerprint density at radius 2 is 2.39 bits per heavy atom. The lowest BCUT2D eigenvalue weighted by atomic mass is 10.3. The minimum absolute atomic E-state index is 0.125. The Labute approximate surface area is 109 Å². The second-order valence-electron chi connectivity index (χ2n) is 3.44. The van der Waals surface area contributed by atoms with Crippen molar-refractivity contribution in [3.05, 3.63) is 52.6 Å². The molecule has 0 radical (unpaired) electrons. The van der Waals surface area contributed by atoms with E-state index in [1.165, 1.54) is 6.21 Å². The number of nitrogens with zero attached hydrogens (tertiary/aromatic N) is 1.